The minimum atomic E-state index is -4.81. The van der Waals surface area contributed by atoms with Gasteiger partial charge in [-0.1, -0.05) is 0 Å². The molecule has 1 amide bonds. The second kappa shape index (κ2) is 5.80. The lowest BCUT2D eigenvalue weighted by Crippen LogP contribution is -2.47. The van der Waals surface area contributed by atoms with Crippen LogP contribution in [0, 0.1) is 0 Å². The zero-order chi connectivity index (χ0) is 18.4. The molecule has 1 aliphatic rings. The Bertz CT molecular complexity index is 830. The summed E-state index contributed by atoms with van der Waals surface area (Å²) in [6, 6.07) is 4.43. The molecule has 0 saturated heterocycles. The van der Waals surface area contributed by atoms with Gasteiger partial charge in [-0.15, -0.1) is 13.2 Å². The molecule has 1 aliphatic heterocycles. The van der Waals surface area contributed by atoms with Gasteiger partial charge in [-0.25, -0.2) is 4.79 Å². The van der Waals surface area contributed by atoms with Gasteiger partial charge in [0.2, 0.25) is 0 Å². The predicted octanol–water partition coefficient (Wildman–Crippen LogP) is 2.53. The first-order chi connectivity index (χ1) is 11.7. The van der Waals surface area contributed by atoms with E-state index in [9.17, 15) is 22.8 Å². The maximum absolute atomic E-state index is 12.7. The minimum Gasteiger partial charge on any atom is -0.478 e. The van der Waals surface area contributed by atoms with Gasteiger partial charge in [-0.05, 0) is 31.2 Å². The summed E-state index contributed by atoms with van der Waals surface area (Å²) in [5.74, 6) is -2.28. The number of carbonyl (C=O) groups excluding carboxylic acids is 1. The normalized spacial score (nSPS) is 17.4. The molecule has 2 aromatic rings. The number of hydrogen-bond donors (Lipinski definition) is 1. The highest BCUT2D eigenvalue weighted by molar-refractivity contribution is 6.11. The van der Waals surface area contributed by atoms with Crippen molar-refractivity contribution in [1.29, 1.82) is 0 Å². The van der Waals surface area contributed by atoms with Crippen LogP contribution in [0.25, 0.3) is 0 Å². The smallest absolute Gasteiger partial charge is 0.478 e. The quantitative estimate of drug-likeness (QED) is 0.915. The van der Waals surface area contributed by atoms with Crippen LogP contribution >= 0.6 is 0 Å². The second-order valence-electron chi connectivity index (χ2n) is 5.46. The number of benzene rings is 1. The minimum absolute atomic E-state index is 0.0683. The summed E-state index contributed by atoms with van der Waals surface area (Å²) in [5.41, 5.74) is 0.0379. The lowest BCUT2D eigenvalue weighted by atomic mass is 10.1. The lowest BCUT2D eigenvalue weighted by Gasteiger charge is -2.34. The summed E-state index contributed by atoms with van der Waals surface area (Å²) in [6.07, 6.45) is -3.70. The van der Waals surface area contributed by atoms with E-state index in [-0.39, 0.29) is 23.8 Å². The number of alkyl halides is 3. The van der Waals surface area contributed by atoms with Crippen molar-refractivity contribution in [2.24, 2.45) is 0 Å². The van der Waals surface area contributed by atoms with Gasteiger partial charge in [0.1, 0.15) is 17.0 Å². The van der Waals surface area contributed by atoms with Crippen molar-refractivity contribution in [1.82, 2.24) is 9.78 Å². The topological polar surface area (TPSA) is 84.7 Å². The van der Waals surface area contributed by atoms with E-state index < -0.39 is 24.0 Å². The fourth-order valence-electron chi connectivity index (χ4n) is 2.73. The van der Waals surface area contributed by atoms with E-state index in [1.807, 2.05) is 0 Å². The Hall–Kier alpha value is -3.04. The molecule has 25 heavy (non-hydrogen) atoms. The Morgan fingerprint density at radius 2 is 1.96 bits per heavy atom. The van der Waals surface area contributed by atoms with Crippen molar-refractivity contribution in [3.63, 3.8) is 0 Å². The number of hydrogen-bond acceptors (Lipinski definition) is 4. The summed E-state index contributed by atoms with van der Waals surface area (Å²) < 4.78 is 41.8. The highest BCUT2D eigenvalue weighted by Gasteiger charge is 2.36. The summed E-state index contributed by atoms with van der Waals surface area (Å²) in [7, 11) is 0. The Kier molecular flexibility index (Phi) is 3.90. The lowest BCUT2D eigenvalue weighted by molar-refractivity contribution is -0.274. The van der Waals surface area contributed by atoms with Crippen LogP contribution in [-0.4, -0.2) is 39.2 Å². The van der Waals surface area contributed by atoms with E-state index in [2.05, 4.69) is 9.84 Å². The van der Waals surface area contributed by atoms with E-state index in [0.717, 1.165) is 18.3 Å². The average molecular weight is 355 g/mol. The molecule has 1 N–H and O–H groups in total. The van der Waals surface area contributed by atoms with Crippen LogP contribution in [0.4, 0.5) is 18.9 Å². The highest BCUT2D eigenvalue weighted by Crippen LogP contribution is 2.29. The number of anilines is 1. The molecular weight excluding hydrogens is 343 g/mol. The van der Waals surface area contributed by atoms with E-state index in [4.69, 9.17) is 5.11 Å². The number of ether oxygens (including phenoxy) is 1. The van der Waals surface area contributed by atoms with Crippen molar-refractivity contribution < 1.29 is 32.6 Å². The monoisotopic (exact) mass is 355 g/mol. The largest absolute Gasteiger partial charge is 0.573 e. The van der Waals surface area contributed by atoms with Crippen molar-refractivity contribution in [2.45, 2.75) is 25.9 Å². The molecule has 10 heteroatoms. The summed E-state index contributed by atoms with van der Waals surface area (Å²) >= 11 is 0. The number of halogens is 3. The van der Waals surface area contributed by atoms with Crippen molar-refractivity contribution >= 4 is 17.6 Å². The van der Waals surface area contributed by atoms with Gasteiger partial charge >= 0.3 is 12.3 Å². The molecule has 0 saturated carbocycles. The Morgan fingerprint density at radius 1 is 1.32 bits per heavy atom. The van der Waals surface area contributed by atoms with Crippen molar-refractivity contribution in [3.05, 3.63) is 41.7 Å². The third-order valence-corrected chi connectivity index (χ3v) is 3.72. The van der Waals surface area contributed by atoms with Gasteiger partial charge in [0.15, 0.2) is 0 Å². The number of carbonyl (C=O) groups is 2. The summed E-state index contributed by atoms with van der Waals surface area (Å²) in [6.45, 7) is 1.98. The zero-order valence-corrected chi connectivity index (χ0v) is 12.8. The van der Waals surface area contributed by atoms with E-state index in [0.29, 0.717) is 5.69 Å². The number of amides is 1. The fraction of sp³-hybridized carbons (Fsp3) is 0.267. The first-order valence-electron chi connectivity index (χ1n) is 7.16. The van der Waals surface area contributed by atoms with Gasteiger partial charge in [0, 0.05) is 5.69 Å². The first kappa shape index (κ1) is 16.8. The maximum atomic E-state index is 12.7. The van der Waals surface area contributed by atoms with E-state index >= 15 is 0 Å². The standard InChI is InChI=1S/C15H12F3N3O4/c1-8-7-20-12(11(6-19-20)14(23)24)13(22)21(8)9-2-4-10(5-3-9)25-15(16,17)18/h2-6,8H,7H2,1H3,(H,23,24). The molecule has 0 aliphatic carbocycles. The van der Waals surface area contributed by atoms with Gasteiger partial charge < -0.3 is 14.7 Å². The predicted molar refractivity (Wildman–Crippen MR) is 78.6 cm³/mol. The number of fused-ring (bicyclic) bond motifs is 1. The van der Waals surface area contributed by atoms with Crippen LogP contribution in [0.3, 0.4) is 0 Å². The van der Waals surface area contributed by atoms with E-state index in [1.165, 1.54) is 21.7 Å². The molecule has 1 aromatic carbocycles. The summed E-state index contributed by atoms with van der Waals surface area (Å²) in [4.78, 5) is 25.3. The number of rotatable bonds is 3. The Balaban J connectivity index is 1.93. The molecule has 1 unspecified atom stereocenters. The number of aromatic nitrogens is 2. The third kappa shape index (κ3) is 3.14. The van der Waals surface area contributed by atoms with Gasteiger partial charge in [0.05, 0.1) is 18.8 Å². The van der Waals surface area contributed by atoms with Crippen LogP contribution in [-0.2, 0) is 6.54 Å². The molecule has 1 aromatic heterocycles. The SMILES string of the molecule is CC1Cn2ncc(C(=O)O)c2C(=O)N1c1ccc(OC(F)(F)F)cc1. The number of nitrogens with zero attached hydrogens (tertiary/aromatic N) is 3. The fourth-order valence-corrected chi connectivity index (χ4v) is 2.73. The first-order valence-corrected chi connectivity index (χ1v) is 7.16. The molecule has 7 nitrogen and oxygen atoms in total. The molecule has 132 valence electrons. The van der Waals surface area contributed by atoms with Gasteiger partial charge in [-0.2, -0.15) is 5.10 Å². The van der Waals surface area contributed by atoms with Gasteiger partial charge in [0.25, 0.3) is 5.91 Å². The van der Waals surface area contributed by atoms with Gasteiger partial charge in [-0.3, -0.25) is 9.48 Å². The van der Waals surface area contributed by atoms with Crippen molar-refractivity contribution in [3.8, 4) is 5.75 Å². The maximum Gasteiger partial charge on any atom is 0.573 e. The molecule has 1 atom stereocenters. The molecule has 0 bridgehead atoms. The van der Waals surface area contributed by atoms with E-state index in [1.54, 1.807) is 6.92 Å². The van der Waals surface area contributed by atoms with Crippen molar-refractivity contribution in [2.75, 3.05) is 4.90 Å². The highest BCUT2D eigenvalue weighted by atomic mass is 19.4. The summed E-state index contributed by atoms with van der Waals surface area (Å²) in [5, 5.41) is 13.1. The average Bonchev–Trinajstić information content (AvgIpc) is 2.91. The number of carboxylic acids is 1. The number of aromatic carboxylic acids is 1. The van der Waals surface area contributed by atoms with Crippen LogP contribution in [0.1, 0.15) is 27.8 Å². The Morgan fingerprint density at radius 3 is 2.52 bits per heavy atom. The Labute approximate surface area is 139 Å². The molecular formula is C15H12F3N3O4. The van der Waals surface area contributed by atoms with Crippen LogP contribution < -0.4 is 9.64 Å². The van der Waals surface area contributed by atoms with Crippen LogP contribution in [0.2, 0.25) is 0 Å². The molecule has 0 radical (unpaired) electrons. The molecule has 0 spiro atoms. The molecule has 2 heterocycles. The molecule has 3 rings (SSSR count). The third-order valence-electron chi connectivity index (χ3n) is 3.72. The zero-order valence-electron chi connectivity index (χ0n) is 12.8. The second-order valence-corrected chi connectivity index (χ2v) is 5.46. The molecule has 0 fully saturated rings. The van der Waals surface area contributed by atoms with Crippen LogP contribution in [0.5, 0.6) is 5.75 Å². The number of carboxylic acid groups (broad SMARTS) is 1. The van der Waals surface area contributed by atoms with Crippen LogP contribution in [0.15, 0.2) is 30.5 Å².